The second-order valence-electron chi connectivity index (χ2n) is 4.49. The van der Waals surface area contributed by atoms with Gasteiger partial charge in [0.1, 0.15) is 0 Å². The predicted octanol–water partition coefficient (Wildman–Crippen LogP) is 4.12. The van der Waals surface area contributed by atoms with Crippen molar-refractivity contribution in [2.45, 2.75) is 6.92 Å². The van der Waals surface area contributed by atoms with E-state index in [1.807, 2.05) is 24.3 Å². The lowest BCUT2D eigenvalue weighted by molar-refractivity contribution is 1.17. The highest BCUT2D eigenvalue weighted by Crippen LogP contribution is 2.30. The van der Waals surface area contributed by atoms with Gasteiger partial charge < -0.3 is 0 Å². The standard InChI is InChI=1S/C17H14N2/c1-13-8-9-15(14-6-3-2-4-7-14)16(12-13)17-18-10-5-11-19-17/h2-12H,1H3. The van der Waals surface area contributed by atoms with Gasteiger partial charge in [-0.2, -0.15) is 0 Å². The molecule has 1 aromatic heterocycles. The van der Waals surface area contributed by atoms with E-state index in [4.69, 9.17) is 0 Å². The molecule has 3 aromatic rings. The summed E-state index contributed by atoms with van der Waals surface area (Å²) < 4.78 is 0. The number of aryl methyl sites for hydroxylation is 1. The Hall–Kier alpha value is -2.48. The number of hydrogen-bond donors (Lipinski definition) is 0. The first kappa shape index (κ1) is 11.6. The predicted molar refractivity (Wildman–Crippen MR) is 77.6 cm³/mol. The van der Waals surface area contributed by atoms with Crippen LogP contribution in [0.1, 0.15) is 5.56 Å². The summed E-state index contributed by atoms with van der Waals surface area (Å²) in [5.41, 5.74) is 4.64. The van der Waals surface area contributed by atoms with Crippen molar-refractivity contribution in [2.75, 3.05) is 0 Å². The number of hydrogen-bond acceptors (Lipinski definition) is 2. The molecule has 2 nitrogen and oxygen atoms in total. The molecule has 0 aliphatic rings. The highest BCUT2D eigenvalue weighted by molar-refractivity contribution is 5.80. The molecule has 0 spiro atoms. The zero-order valence-electron chi connectivity index (χ0n) is 10.7. The monoisotopic (exact) mass is 246 g/mol. The SMILES string of the molecule is Cc1ccc(-c2ccccc2)c(-c2ncccn2)c1. The van der Waals surface area contributed by atoms with E-state index in [0.29, 0.717) is 0 Å². The van der Waals surface area contributed by atoms with Crippen molar-refractivity contribution in [3.8, 4) is 22.5 Å². The van der Waals surface area contributed by atoms with Crippen molar-refractivity contribution in [1.29, 1.82) is 0 Å². The van der Waals surface area contributed by atoms with Gasteiger partial charge in [-0.15, -0.1) is 0 Å². The van der Waals surface area contributed by atoms with Gasteiger partial charge in [-0.3, -0.25) is 0 Å². The number of benzene rings is 2. The van der Waals surface area contributed by atoms with Crippen molar-refractivity contribution in [1.82, 2.24) is 9.97 Å². The van der Waals surface area contributed by atoms with E-state index < -0.39 is 0 Å². The molecule has 0 N–H and O–H groups in total. The summed E-state index contributed by atoms with van der Waals surface area (Å²) in [5.74, 6) is 0.769. The fraction of sp³-hybridized carbons (Fsp3) is 0.0588. The fourth-order valence-electron chi connectivity index (χ4n) is 2.15. The van der Waals surface area contributed by atoms with E-state index in [1.54, 1.807) is 12.4 Å². The number of aromatic nitrogens is 2. The molecule has 0 amide bonds. The zero-order valence-corrected chi connectivity index (χ0v) is 10.7. The van der Waals surface area contributed by atoms with Crippen LogP contribution in [0.4, 0.5) is 0 Å². The maximum atomic E-state index is 4.37. The molecule has 0 saturated carbocycles. The molecule has 1 heterocycles. The van der Waals surface area contributed by atoms with E-state index in [-0.39, 0.29) is 0 Å². The Kier molecular flexibility index (Phi) is 3.07. The van der Waals surface area contributed by atoms with Gasteiger partial charge in [0.2, 0.25) is 0 Å². The first-order chi connectivity index (χ1) is 9.34. The van der Waals surface area contributed by atoms with Gasteiger partial charge in [0.05, 0.1) is 0 Å². The minimum Gasteiger partial charge on any atom is -0.237 e. The normalized spacial score (nSPS) is 10.4. The van der Waals surface area contributed by atoms with Gasteiger partial charge in [0, 0.05) is 18.0 Å². The molecule has 2 heteroatoms. The van der Waals surface area contributed by atoms with Crippen molar-refractivity contribution in [2.24, 2.45) is 0 Å². The van der Waals surface area contributed by atoms with Crippen LogP contribution in [0.5, 0.6) is 0 Å². The van der Waals surface area contributed by atoms with Crippen LogP contribution in [0, 0.1) is 6.92 Å². The minimum atomic E-state index is 0.769. The quantitative estimate of drug-likeness (QED) is 0.679. The maximum absolute atomic E-state index is 4.37. The topological polar surface area (TPSA) is 25.8 Å². The van der Waals surface area contributed by atoms with Gasteiger partial charge in [0.15, 0.2) is 5.82 Å². The van der Waals surface area contributed by atoms with Gasteiger partial charge >= 0.3 is 0 Å². The molecule has 0 saturated heterocycles. The summed E-state index contributed by atoms with van der Waals surface area (Å²) in [7, 11) is 0. The first-order valence-corrected chi connectivity index (χ1v) is 6.28. The summed E-state index contributed by atoms with van der Waals surface area (Å²) in [6.07, 6.45) is 3.55. The molecule has 0 aliphatic heterocycles. The third-order valence-corrected chi connectivity index (χ3v) is 3.07. The molecule has 3 rings (SSSR count). The van der Waals surface area contributed by atoms with Crippen LogP contribution < -0.4 is 0 Å². The average Bonchev–Trinajstić information content (AvgIpc) is 2.49. The van der Waals surface area contributed by atoms with E-state index >= 15 is 0 Å². The lowest BCUT2D eigenvalue weighted by Gasteiger charge is -2.09. The molecule has 0 aliphatic carbocycles. The molecular formula is C17H14N2. The Morgan fingerprint density at radius 3 is 2.21 bits per heavy atom. The lowest BCUT2D eigenvalue weighted by atomic mass is 9.97. The molecule has 0 radical (unpaired) electrons. The van der Waals surface area contributed by atoms with Crippen molar-refractivity contribution in [3.05, 3.63) is 72.6 Å². The molecule has 2 aromatic carbocycles. The van der Waals surface area contributed by atoms with Gasteiger partial charge in [-0.1, -0.05) is 48.0 Å². The van der Waals surface area contributed by atoms with Crippen molar-refractivity contribution >= 4 is 0 Å². The smallest absolute Gasteiger partial charge is 0.159 e. The lowest BCUT2D eigenvalue weighted by Crippen LogP contribution is -1.91. The average molecular weight is 246 g/mol. The molecule has 19 heavy (non-hydrogen) atoms. The molecule has 0 bridgehead atoms. The fourth-order valence-corrected chi connectivity index (χ4v) is 2.15. The zero-order chi connectivity index (χ0) is 13.1. The maximum Gasteiger partial charge on any atom is 0.159 e. The van der Waals surface area contributed by atoms with Gasteiger partial charge in [0.25, 0.3) is 0 Å². The largest absolute Gasteiger partial charge is 0.237 e. The van der Waals surface area contributed by atoms with Gasteiger partial charge in [-0.25, -0.2) is 9.97 Å². The number of nitrogens with zero attached hydrogens (tertiary/aromatic N) is 2. The highest BCUT2D eigenvalue weighted by Gasteiger charge is 2.09. The highest BCUT2D eigenvalue weighted by atomic mass is 14.9. The van der Waals surface area contributed by atoms with E-state index in [1.165, 1.54) is 11.1 Å². The molecule has 0 atom stereocenters. The van der Waals surface area contributed by atoms with Gasteiger partial charge in [-0.05, 0) is 30.2 Å². The Balaban J connectivity index is 2.21. The molecule has 92 valence electrons. The second-order valence-corrected chi connectivity index (χ2v) is 4.49. The van der Waals surface area contributed by atoms with Crippen LogP contribution in [0.3, 0.4) is 0 Å². The third-order valence-electron chi connectivity index (χ3n) is 3.07. The first-order valence-electron chi connectivity index (χ1n) is 6.28. The van der Waals surface area contributed by atoms with Crippen LogP contribution >= 0.6 is 0 Å². The molecular weight excluding hydrogens is 232 g/mol. The summed E-state index contributed by atoms with van der Waals surface area (Å²) in [4.78, 5) is 8.73. The van der Waals surface area contributed by atoms with E-state index in [0.717, 1.165) is 17.0 Å². The summed E-state index contributed by atoms with van der Waals surface area (Å²) in [6, 6.07) is 18.6. The van der Waals surface area contributed by atoms with Crippen LogP contribution in [0.25, 0.3) is 22.5 Å². The van der Waals surface area contributed by atoms with Crippen LogP contribution in [0.15, 0.2) is 67.0 Å². The summed E-state index contributed by atoms with van der Waals surface area (Å²) >= 11 is 0. The van der Waals surface area contributed by atoms with Crippen molar-refractivity contribution in [3.63, 3.8) is 0 Å². The molecule has 0 fully saturated rings. The Labute approximate surface area is 112 Å². The summed E-state index contributed by atoms with van der Waals surface area (Å²) in [6.45, 7) is 2.08. The van der Waals surface area contributed by atoms with Crippen LogP contribution in [-0.4, -0.2) is 9.97 Å². The van der Waals surface area contributed by atoms with E-state index in [2.05, 4.69) is 47.2 Å². The minimum absolute atomic E-state index is 0.769. The number of rotatable bonds is 2. The Morgan fingerprint density at radius 1 is 0.737 bits per heavy atom. The summed E-state index contributed by atoms with van der Waals surface area (Å²) in [5, 5.41) is 0. The van der Waals surface area contributed by atoms with E-state index in [9.17, 15) is 0 Å². The van der Waals surface area contributed by atoms with Crippen LogP contribution in [0.2, 0.25) is 0 Å². The van der Waals surface area contributed by atoms with Crippen molar-refractivity contribution < 1.29 is 0 Å². The molecule has 0 unspecified atom stereocenters. The second kappa shape index (κ2) is 5.02. The van der Waals surface area contributed by atoms with Crippen LogP contribution in [-0.2, 0) is 0 Å². The Bertz CT molecular complexity index is 676. The Morgan fingerprint density at radius 2 is 1.47 bits per heavy atom. The third kappa shape index (κ3) is 2.38.